The molecule has 0 bridgehead atoms. The van der Waals surface area contributed by atoms with E-state index in [9.17, 15) is 29.7 Å². The van der Waals surface area contributed by atoms with E-state index in [0.717, 1.165) is 0 Å². The summed E-state index contributed by atoms with van der Waals surface area (Å²) in [7, 11) is 0. The zero-order chi connectivity index (χ0) is 21.8. The Hall–Kier alpha value is -1.75. The van der Waals surface area contributed by atoms with E-state index in [0.29, 0.717) is 0 Å². The summed E-state index contributed by atoms with van der Waals surface area (Å²) in [5.74, 6) is -4.32. The van der Waals surface area contributed by atoms with Crippen molar-refractivity contribution in [2.24, 2.45) is 28.1 Å². The topological polar surface area (TPSA) is 149 Å². The fraction of sp³-hybridized carbons (Fsp3) is 0.850. The number of carbonyl (C=O) groups is 3. The molecule has 6 rings (SSSR count). The lowest BCUT2D eigenvalue weighted by Crippen LogP contribution is -2.67. The Balaban J connectivity index is 1.72. The van der Waals surface area contributed by atoms with Crippen LogP contribution in [0.2, 0.25) is 0 Å². The van der Waals surface area contributed by atoms with Crippen LogP contribution in [0.25, 0.3) is 0 Å². The summed E-state index contributed by atoms with van der Waals surface area (Å²) in [6.07, 6.45) is -6.91. The molecule has 11 atom stereocenters. The first-order valence-electron chi connectivity index (χ1n) is 10.2. The van der Waals surface area contributed by atoms with E-state index in [2.05, 4.69) is 0 Å². The van der Waals surface area contributed by atoms with Crippen LogP contribution in [0, 0.1) is 28.1 Å². The average molecular weight is 424 g/mol. The molecule has 2 saturated carbocycles. The molecule has 30 heavy (non-hydrogen) atoms. The molecule has 4 heterocycles. The first-order chi connectivity index (χ1) is 13.8. The SMILES string of the molecule is C[C@@H]1C(=O)O[C@H]2[C@@H](O)[C@@]34[C@H]5C[C@H](C(C)(C)C)[C@@]36[C@H](OC(=O)[C@@H]6O)O[C@]4(C(=O)O5)[C@@]12O. The highest BCUT2D eigenvalue weighted by Gasteiger charge is 3.03. The lowest BCUT2D eigenvalue weighted by molar-refractivity contribution is -0.239. The van der Waals surface area contributed by atoms with Gasteiger partial charge in [0.2, 0.25) is 11.9 Å². The molecule has 6 aliphatic rings. The summed E-state index contributed by atoms with van der Waals surface area (Å²) in [5.41, 5.74) is -8.26. The molecular weight excluding hydrogens is 400 g/mol. The summed E-state index contributed by atoms with van der Waals surface area (Å²) in [6.45, 7) is 7.14. The lowest BCUT2D eigenvalue weighted by atomic mass is 9.51. The van der Waals surface area contributed by atoms with E-state index >= 15 is 0 Å². The van der Waals surface area contributed by atoms with Gasteiger partial charge in [-0.15, -0.1) is 0 Å². The number of ether oxygens (including phenoxy) is 4. The van der Waals surface area contributed by atoms with Gasteiger partial charge in [0, 0.05) is 0 Å². The maximum atomic E-state index is 13.4. The molecule has 0 aromatic rings. The molecule has 0 radical (unpaired) electrons. The number of aliphatic hydroxyl groups excluding tert-OH is 2. The Bertz CT molecular complexity index is 925. The second-order valence-electron chi connectivity index (χ2n) is 10.7. The number of hydrogen-bond donors (Lipinski definition) is 3. The Labute approximate surface area is 171 Å². The normalized spacial score (nSPS) is 60.1. The smallest absolute Gasteiger partial charge is 0.343 e. The van der Waals surface area contributed by atoms with Gasteiger partial charge in [-0.25, -0.2) is 9.59 Å². The van der Waals surface area contributed by atoms with Crippen LogP contribution in [-0.4, -0.2) is 75.1 Å². The van der Waals surface area contributed by atoms with Gasteiger partial charge < -0.3 is 34.3 Å². The lowest BCUT2D eigenvalue weighted by Gasteiger charge is -2.47. The molecule has 10 nitrogen and oxygen atoms in total. The Morgan fingerprint density at radius 1 is 1.03 bits per heavy atom. The van der Waals surface area contributed by atoms with Crippen LogP contribution in [0.5, 0.6) is 0 Å². The predicted octanol–water partition coefficient (Wildman–Crippen LogP) is -1.37. The third-order valence-corrected chi connectivity index (χ3v) is 9.00. The van der Waals surface area contributed by atoms with Crippen LogP contribution in [0.15, 0.2) is 0 Å². The second-order valence-corrected chi connectivity index (χ2v) is 10.7. The largest absolute Gasteiger partial charge is 0.459 e. The van der Waals surface area contributed by atoms with Crippen LogP contribution >= 0.6 is 0 Å². The van der Waals surface area contributed by atoms with Gasteiger partial charge in [0.1, 0.15) is 12.2 Å². The molecule has 0 aromatic heterocycles. The van der Waals surface area contributed by atoms with Gasteiger partial charge in [-0.1, -0.05) is 20.8 Å². The van der Waals surface area contributed by atoms with E-state index in [1.54, 1.807) is 0 Å². The van der Waals surface area contributed by atoms with Crippen molar-refractivity contribution in [1.82, 2.24) is 0 Å². The number of carbonyl (C=O) groups excluding carboxylic acids is 3. The van der Waals surface area contributed by atoms with Crippen LogP contribution in [0.1, 0.15) is 34.1 Å². The number of hydrogen-bond acceptors (Lipinski definition) is 10. The van der Waals surface area contributed by atoms with Crippen molar-refractivity contribution in [2.75, 3.05) is 0 Å². The van der Waals surface area contributed by atoms with Crippen molar-refractivity contribution in [3.05, 3.63) is 0 Å². The minimum Gasteiger partial charge on any atom is -0.459 e. The minimum absolute atomic E-state index is 0.229. The minimum atomic E-state index is -2.24. The molecule has 0 amide bonds. The number of esters is 3. The second kappa shape index (κ2) is 4.69. The molecular formula is C20H24O10. The summed E-state index contributed by atoms with van der Waals surface area (Å²) in [5, 5.41) is 34.7. The monoisotopic (exact) mass is 424 g/mol. The molecule has 0 unspecified atom stereocenters. The van der Waals surface area contributed by atoms with E-state index in [-0.39, 0.29) is 6.42 Å². The molecule has 4 saturated heterocycles. The van der Waals surface area contributed by atoms with Crippen LogP contribution in [-0.2, 0) is 33.3 Å². The third kappa shape index (κ3) is 1.33. The Kier molecular flexibility index (Phi) is 2.97. The van der Waals surface area contributed by atoms with Crippen molar-refractivity contribution in [1.29, 1.82) is 0 Å². The molecule has 2 aliphatic carbocycles. The quantitative estimate of drug-likeness (QED) is 0.314. The van der Waals surface area contributed by atoms with E-state index < -0.39 is 87.9 Å². The highest BCUT2D eigenvalue weighted by Crippen LogP contribution is 2.84. The fourth-order valence-corrected chi connectivity index (χ4v) is 8.12. The van der Waals surface area contributed by atoms with Crippen molar-refractivity contribution >= 4 is 17.9 Å². The summed E-state index contributed by atoms with van der Waals surface area (Å²) >= 11 is 0. The van der Waals surface area contributed by atoms with Gasteiger partial charge in [-0.3, -0.25) is 4.79 Å². The van der Waals surface area contributed by atoms with E-state index in [4.69, 9.17) is 18.9 Å². The zero-order valence-electron chi connectivity index (χ0n) is 16.9. The first-order valence-corrected chi connectivity index (χ1v) is 10.2. The van der Waals surface area contributed by atoms with E-state index in [1.165, 1.54) is 6.92 Å². The van der Waals surface area contributed by atoms with Crippen LogP contribution in [0.4, 0.5) is 0 Å². The molecule has 4 aliphatic heterocycles. The third-order valence-electron chi connectivity index (χ3n) is 9.00. The summed E-state index contributed by atoms with van der Waals surface area (Å²) < 4.78 is 22.5. The zero-order valence-corrected chi connectivity index (χ0v) is 16.9. The predicted molar refractivity (Wildman–Crippen MR) is 92.0 cm³/mol. The van der Waals surface area contributed by atoms with Gasteiger partial charge in [-0.2, -0.15) is 0 Å². The number of rotatable bonds is 0. The fourth-order valence-electron chi connectivity index (χ4n) is 8.12. The average Bonchev–Trinajstić information content (AvgIpc) is 3.35. The standard InChI is InChI=1S/C20H24O10/c1-6-12(23)28-11-9(21)18-8-5-7(16(2,3)4)17(18)10(22)13(24)29-15(17)30-20(18,14(25)27-8)19(6,11)26/h6-11,15,21-22,26H,5H2,1-4H3/t6-,7-,8-,9-,10+,11+,15-,17-,18+,19-,20+/m1/s1. The molecule has 0 aromatic carbocycles. The van der Waals surface area contributed by atoms with Crippen LogP contribution < -0.4 is 0 Å². The number of fused-ring (bicyclic) bond motifs is 1. The van der Waals surface area contributed by atoms with Crippen molar-refractivity contribution < 1.29 is 48.7 Å². The maximum absolute atomic E-state index is 13.4. The molecule has 164 valence electrons. The molecule has 10 heteroatoms. The first kappa shape index (κ1) is 19.0. The van der Waals surface area contributed by atoms with Crippen molar-refractivity contribution in [3.63, 3.8) is 0 Å². The Morgan fingerprint density at radius 3 is 2.33 bits per heavy atom. The summed E-state index contributed by atoms with van der Waals surface area (Å²) in [4.78, 5) is 38.2. The molecule has 6 fully saturated rings. The van der Waals surface area contributed by atoms with Crippen molar-refractivity contribution in [2.45, 2.75) is 76.0 Å². The van der Waals surface area contributed by atoms with Gasteiger partial charge in [0.05, 0.1) is 16.7 Å². The van der Waals surface area contributed by atoms with Crippen LogP contribution in [0.3, 0.4) is 0 Å². The van der Waals surface area contributed by atoms with E-state index in [1.807, 2.05) is 20.8 Å². The van der Waals surface area contributed by atoms with Gasteiger partial charge >= 0.3 is 17.9 Å². The van der Waals surface area contributed by atoms with Crippen molar-refractivity contribution in [3.8, 4) is 0 Å². The maximum Gasteiger partial charge on any atom is 0.343 e. The summed E-state index contributed by atoms with van der Waals surface area (Å²) in [6, 6.07) is 0. The van der Waals surface area contributed by atoms with Gasteiger partial charge in [0.15, 0.2) is 17.8 Å². The van der Waals surface area contributed by atoms with Gasteiger partial charge in [0.25, 0.3) is 0 Å². The highest BCUT2D eigenvalue weighted by atomic mass is 16.8. The Morgan fingerprint density at radius 2 is 1.70 bits per heavy atom. The highest BCUT2D eigenvalue weighted by molar-refractivity contribution is 5.94. The molecule has 3 N–H and O–H groups in total. The van der Waals surface area contributed by atoms with Gasteiger partial charge in [-0.05, 0) is 24.7 Å². The number of aliphatic hydroxyl groups is 3. The molecule has 2 spiro atoms.